The van der Waals surface area contributed by atoms with E-state index in [1.54, 1.807) is 45.6 Å². The van der Waals surface area contributed by atoms with Crippen LogP contribution in [0.25, 0.3) is 27.7 Å². The molecule has 0 atom stereocenters. The summed E-state index contributed by atoms with van der Waals surface area (Å²) < 4.78 is 26.8. The van der Waals surface area contributed by atoms with Crippen molar-refractivity contribution in [3.63, 3.8) is 0 Å². The summed E-state index contributed by atoms with van der Waals surface area (Å²) in [6, 6.07) is 7.36. The Bertz CT molecular complexity index is 1200. The summed E-state index contributed by atoms with van der Waals surface area (Å²) in [5.41, 5.74) is 10.3. The molecule has 3 aromatic rings. The number of pyridine rings is 1. The first kappa shape index (κ1) is 20.4. The number of aromatic nitrogens is 3. The van der Waals surface area contributed by atoms with E-state index in [-0.39, 0.29) is 0 Å². The number of benzene rings is 1. The van der Waals surface area contributed by atoms with Gasteiger partial charge in [0.1, 0.15) is 0 Å². The van der Waals surface area contributed by atoms with Gasteiger partial charge >= 0.3 is 0 Å². The molecule has 3 rings (SSSR count). The molecule has 1 aromatic carbocycles. The molecule has 2 heterocycles. The zero-order valence-corrected chi connectivity index (χ0v) is 17.2. The highest BCUT2D eigenvalue weighted by molar-refractivity contribution is 7.93. The average molecular weight is 411 g/mol. The highest BCUT2D eigenvalue weighted by atomic mass is 32.2. The first-order chi connectivity index (χ1) is 13.8. The molecule has 0 unspecified atom stereocenters. The molecule has 3 N–H and O–H groups in total. The smallest absolute Gasteiger partial charge is 0.235 e. The van der Waals surface area contributed by atoms with Crippen molar-refractivity contribution in [3.05, 3.63) is 54.7 Å². The molecule has 0 aliphatic heterocycles. The van der Waals surface area contributed by atoms with Gasteiger partial charge in [0.2, 0.25) is 10.0 Å². The fraction of sp³-hybridized carbons (Fsp3) is 0.200. The second-order valence-corrected chi connectivity index (χ2v) is 8.86. The monoisotopic (exact) mass is 410 g/mol. The van der Waals surface area contributed by atoms with E-state index in [4.69, 9.17) is 5.73 Å². The van der Waals surface area contributed by atoms with Crippen LogP contribution in [0, 0.1) is 0 Å². The number of hydrogen-bond acceptors (Lipinski definition) is 7. The van der Waals surface area contributed by atoms with Crippen LogP contribution in [0.2, 0.25) is 0 Å². The van der Waals surface area contributed by atoms with Crippen LogP contribution in [0.1, 0.15) is 19.5 Å². The maximum absolute atomic E-state index is 12.1. The van der Waals surface area contributed by atoms with Gasteiger partial charge in [-0.05, 0) is 37.6 Å². The Hall–Kier alpha value is -3.33. The lowest BCUT2D eigenvalue weighted by Gasteiger charge is -2.11. The number of nitrogens with two attached hydrogens (primary N) is 1. The van der Waals surface area contributed by atoms with Crippen LogP contribution in [0.4, 0.5) is 5.69 Å². The molecule has 29 heavy (non-hydrogen) atoms. The van der Waals surface area contributed by atoms with Gasteiger partial charge in [0.25, 0.3) is 0 Å². The van der Waals surface area contributed by atoms with Gasteiger partial charge < -0.3 is 5.73 Å². The molecular weight excluding hydrogens is 388 g/mol. The van der Waals surface area contributed by atoms with Crippen LogP contribution in [0.3, 0.4) is 0 Å². The van der Waals surface area contributed by atoms with Gasteiger partial charge in [0, 0.05) is 36.8 Å². The standard InChI is InChI=1S/C20H22N6O2S/c1-13(2)29(27,28)26-17-6-15(10-23-11-17)14-4-5-18-19(7-14)25-20(12-24-18)16(8-21)9-22-3/h4-13,26H,21H2,1-3H3. The van der Waals surface area contributed by atoms with Gasteiger partial charge in [-0.2, -0.15) is 0 Å². The van der Waals surface area contributed by atoms with E-state index < -0.39 is 15.3 Å². The molecule has 8 nitrogen and oxygen atoms in total. The lowest BCUT2D eigenvalue weighted by molar-refractivity contribution is 0.593. The number of hydrogen-bond donors (Lipinski definition) is 2. The molecule has 0 saturated heterocycles. The molecule has 0 aliphatic rings. The number of nitrogens with one attached hydrogen (secondary N) is 1. The van der Waals surface area contributed by atoms with E-state index in [2.05, 4.69) is 24.7 Å². The Labute approximate surface area is 169 Å². The Morgan fingerprint density at radius 3 is 2.62 bits per heavy atom. The highest BCUT2D eigenvalue weighted by Gasteiger charge is 2.16. The summed E-state index contributed by atoms with van der Waals surface area (Å²) in [6.07, 6.45) is 7.84. The topological polar surface area (TPSA) is 123 Å². The Balaban J connectivity index is 2.01. The summed E-state index contributed by atoms with van der Waals surface area (Å²) in [7, 11) is -1.79. The SMILES string of the molecule is CN=CC(=CN)c1cnc2ccc(-c3cncc(NS(=O)(=O)C(C)C)c3)cc2n1. The molecule has 0 saturated carbocycles. The van der Waals surface area contributed by atoms with Crippen LogP contribution in [-0.2, 0) is 10.0 Å². The summed E-state index contributed by atoms with van der Waals surface area (Å²) in [5.74, 6) is 0. The van der Waals surface area contributed by atoms with E-state index in [1.165, 1.54) is 12.4 Å². The second kappa shape index (κ2) is 8.36. The van der Waals surface area contributed by atoms with Crippen LogP contribution in [0.5, 0.6) is 0 Å². The lowest BCUT2D eigenvalue weighted by atomic mass is 10.1. The number of rotatable bonds is 6. The molecule has 0 amide bonds. The normalized spacial score (nSPS) is 12.8. The first-order valence-electron chi connectivity index (χ1n) is 8.92. The third kappa shape index (κ3) is 4.57. The van der Waals surface area contributed by atoms with Crippen molar-refractivity contribution < 1.29 is 8.42 Å². The van der Waals surface area contributed by atoms with Crippen molar-refractivity contribution in [1.82, 2.24) is 15.0 Å². The fourth-order valence-electron chi connectivity index (χ4n) is 2.60. The van der Waals surface area contributed by atoms with Crippen LogP contribution in [0.15, 0.2) is 54.0 Å². The van der Waals surface area contributed by atoms with Gasteiger partial charge in [0.15, 0.2) is 0 Å². The second-order valence-electron chi connectivity index (χ2n) is 6.63. The fourth-order valence-corrected chi connectivity index (χ4v) is 3.28. The zero-order valence-electron chi connectivity index (χ0n) is 16.4. The number of anilines is 1. The first-order valence-corrected chi connectivity index (χ1v) is 10.5. The lowest BCUT2D eigenvalue weighted by Crippen LogP contribution is -2.22. The van der Waals surface area contributed by atoms with Gasteiger partial charge in [-0.3, -0.25) is 19.7 Å². The van der Waals surface area contributed by atoms with E-state index in [0.717, 1.165) is 16.6 Å². The average Bonchev–Trinajstić information content (AvgIpc) is 2.71. The maximum Gasteiger partial charge on any atom is 0.235 e. The number of fused-ring (bicyclic) bond motifs is 1. The van der Waals surface area contributed by atoms with E-state index in [9.17, 15) is 8.42 Å². The van der Waals surface area contributed by atoms with Gasteiger partial charge in [-0.1, -0.05) is 6.07 Å². The largest absolute Gasteiger partial charge is 0.404 e. The van der Waals surface area contributed by atoms with Gasteiger partial charge in [-0.15, -0.1) is 0 Å². The minimum absolute atomic E-state index is 0.406. The van der Waals surface area contributed by atoms with Crippen molar-refractivity contribution in [2.45, 2.75) is 19.1 Å². The third-order valence-corrected chi connectivity index (χ3v) is 6.00. The molecule has 0 spiro atoms. The summed E-state index contributed by atoms with van der Waals surface area (Å²) in [5, 5.41) is -0.544. The van der Waals surface area contributed by atoms with Crippen LogP contribution < -0.4 is 10.5 Å². The van der Waals surface area contributed by atoms with E-state index >= 15 is 0 Å². The van der Waals surface area contributed by atoms with Crippen molar-refractivity contribution in [1.29, 1.82) is 0 Å². The molecule has 2 aromatic heterocycles. The zero-order chi connectivity index (χ0) is 21.0. The van der Waals surface area contributed by atoms with Gasteiger partial charge in [-0.25, -0.2) is 13.4 Å². The molecule has 150 valence electrons. The Kier molecular flexibility index (Phi) is 5.88. The van der Waals surface area contributed by atoms with Gasteiger partial charge in [0.05, 0.1) is 40.1 Å². The summed E-state index contributed by atoms with van der Waals surface area (Å²) in [4.78, 5) is 17.2. The van der Waals surface area contributed by atoms with Crippen molar-refractivity contribution in [2.75, 3.05) is 11.8 Å². The third-order valence-electron chi connectivity index (χ3n) is 4.24. The number of aliphatic imine (C=N–C) groups is 1. The highest BCUT2D eigenvalue weighted by Crippen LogP contribution is 2.25. The number of sulfonamides is 1. The summed E-state index contributed by atoms with van der Waals surface area (Å²) >= 11 is 0. The molecule has 0 radical (unpaired) electrons. The molecule has 9 heteroatoms. The van der Waals surface area contributed by atoms with Crippen molar-refractivity contribution in [3.8, 4) is 11.1 Å². The van der Waals surface area contributed by atoms with E-state index in [0.29, 0.717) is 22.5 Å². The predicted octanol–water partition coefficient (Wildman–Crippen LogP) is 2.84. The minimum Gasteiger partial charge on any atom is -0.404 e. The minimum atomic E-state index is -3.45. The predicted molar refractivity (Wildman–Crippen MR) is 117 cm³/mol. The molecule has 0 aliphatic carbocycles. The molecule has 0 bridgehead atoms. The molecule has 0 fully saturated rings. The summed E-state index contributed by atoms with van der Waals surface area (Å²) in [6.45, 7) is 3.24. The van der Waals surface area contributed by atoms with Crippen molar-refractivity contribution in [2.24, 2.45) is 10.7 Å². The number of nitrogens with zero attached hydrogens (tertiary/aromatic N) is 4. The quantitative estimate of drug-likeness (QED) is 0.602. The maximum atomic E-state index is 12.1. The molecular formula is C20H22N6O2S. The Morgan fingerprint density at radius 2 is 1.93 bits per heavy atom. The number of allylic oxidation sites excluding steroid dienone is 1. The van der Waals surface area contributed by atoms with Crippen LogP contribution in [-0.4, -0.2) is 41.9 Å². The Morgan fingerprint density at radius 1 is 1.14 bits per heavy atom. The van der Waals surface area contributed by atoms with E-state index in [1.807, 2.05) is 18.2 Å². The van der Waals surface area contributed by atoms with Crippen molar-refractivity contribution >= 4 is 38.5 Å². The van der Waals surface area contributed by atoms with Crippen LogP contribution >= 0.6 is 0 Å².